The first-order valence-electron chi connectivity index (χ1n) is 7.28. The Labute approximate surface area is 142 Å². The van der Waals surface area contributed by atoms with E-state index in [-0.39, 0.29) is 0 Å². The number of rotatable bonds is 5. The average molecular weight is 383 g/mol. The molecule has 0 bridgehead atoms. The Hall–Kier alpha value is -0.360. The van der Waals surface area contributed by atoms with Crippen LogP contribution in [0.4, 0.5) is 0 Å². The number of thioether (sulfide) groups is 1. The summed E-state index contributed by atoms with van der Waals surface area (Å²) in [6.45, 7) is 1.05. The molecule has 0 saturated heterocycles. The molecule has 0 fully saturated rings. The van der Waals surface area contributed by atoms with Crippen molar-refractivity contribution in [3.8, 4) is 0 Å². The van der Waals surface area contributed by atoms with Gasteiger partial charge in [-0.05, 0) is 54.4 Å². The molecule has 21 heavy (non-hydrogen) atoms. The van der Waals surface area contributed by atoms with Crippen molar-refractivity contribution >= 4 is 39.0 Å². The molecule has 5 heteroatoms. The molecule has 1 unspecified atom stereocenters. The van der Waals surface area contributed by atoms with Gasteiger partial charge in [0.05, 0.1) is 11.4 Å². The number of halogens is 1. The first-order valence-corrected chi connectivity index (χ1v) is 9.88. The molecular weight excluding hydrogens is 364 g/mol. The minimum absolute atomic E-state index is 0.609. The lowest BCUT2D eigenvalue weighted by atomic mass is 9.91. The SMILES string of the molecule is CNCC1CCCc2sc(CSc3ccccc3Br)nc21. The maximum atomic E-state index is 4.94. The van der Waals surface area contributed by atoms with Gasteiger partial charge in [-0.1, -0.05) is 12.1 Å². The largest absolute Gasteiger partial charge is 0.319 e. The number of benzene rings is 1. The summed E-state index contributed by atoms with van der Waals surface area (Å²) in [6, 6.07) is 8.39. The number of hydrogen-bond donors (Lipinski definition) is 1. The molecular formula is C16H19BrN2S2. The van der Waals surface area contributed by atoms with Crippen molar-refractivity contribution in [2.45, 2.75) is 35.8 Å². The molecule has 0 spiro atoms. The molecule has 3 rings (SSSR count). The zero-order valence-electron chi connectivity index (χ0n) is 12.1. The second-order valence-electron chi connectivity index (χ2n) is 5.28. The summed E-state index contributed by atoms with van der Waals surface area (Å²) < 4.78 is 1.17. The minimum atomic E-state index is 0.609. The van der Waals surface area contributed by atoms with E-state index in [1.54, 1.807) is 0 Å². The van der Waals surface area contributed by atoms with E-state index in [1.807, 2.05) is 30.1 Å². The molecule has 1 aromatic carbocycles. The molecule has 0 radical (unpaired) electrons. The fourth-order valence-corrected chi connectivity index (χ4v) is 5.52. The molecule has 1 aromatic heterocycles. The maximum Gasteiger partial charge on any atom is 0.103 e. The van der Waals surface area contributed by atoms with Gasteiger partial charge in [-0.2, -0.15) is 0 Å². The van der Waals surface area contributed by atoms with Crippen LogP contribution in [0.5, 0.6) is 0 Å². The normalized spacial score (nSPS) is 17.7. The molecule has 0 saturated carbocycles. The highest BCUT2D eigenvalue weighted by Gasteiger charge is 2.24. The van der Waals surface area contributed by atoms with Crippen molar-refractivity contribution in [3.63, 3.8) is 0 Å². The van der Waals surface area contributed by atoms with Gasteiger partial charge in [0.25, 0.3) is 0 Å². The van der Waals surface area contributed by atoms with E-state index in [1.165, 1.54) is 44.2 Å². The van der Waals surface area contributed by atoms with Gasteiger partial charge in [-0.3, -0.25) is 0 Å². The van der Waals surface area contributed by atoms with Gasteiger partial charge in [0, 0.05) is 26.7 Å². The van der Waals surface area contributed by atoms with Gasteiger partial charge in [0.15, 0.2) is 0 Å². The van der Waals surface area contributed by atoms with Crippen molar-refractivity contribution in [2.24, 2.45) is 0 Å². The highest BCUT2D eigenvalue weighted by Crippen LogP contribution is 2.37. The minimum Gasteiger partial charge on any atom is -0.319 e. The lowest BCUT2D eigenvalue weighted by Gasteiger charge is -2.20. The first-order chi connectivity index (χ1) is 10.3. The van der Waals surface area contributed by atoms with E-state index in [9.17, 15) is 0 Å². The van der Waals surface area contributed by atoms with Crippen molar-refractivity contribution in [3.05, 3.63) is 44.3 Å². The number of thiazole rings is 1. The molecule has 1 aliphatic carbocycles. The van der Waals surface area contributed by atoms with Crippen LogP contribution < -0.4 is 5.32 Å². The number of fused-ring (bicyclic) bond motifs is 1. The lowest BCUT2D eigenvalue weighted by Crippen LogP contribution is -2.21. The number of aryl methyl sites for hydroxylation is 1. The van der Waals surface area contributed by atoms with Crippen LogP contribution in [0.25, 0.3) is 0 Å². The number of nitrogens with one attached hydrogen (secondary N) is 1. The van der Waals surface area contributed by atoms with Crippen molar-refractivity contribution in [1.82, 2.24) is 10.3 Å². The number of nitrogens with zero attached hydrogens (tertiary/aromatic N) is 1. The summed E-state index contributed by atoms with van der Waals surface area (Å²) in [7, 11) is 2.03. The Bertz CT molecular complexity index is 612. The summed E-state index contributed by atoms with van der Waals surface area (Å²) >= 11 is 7.39. The molecule has 0 aliphatic heterocycles. The molecule has 2 aromatic rings. The molecule has 1 aliphatic rings. The van der Waals surface area contributed by atoms with Crippen molar-refractivity contribution in [2.75, 3.05) is 13.6 Å². The van der Waals surface area contributed by atoms with Crippen LogP contribution in [-0.4, -0.2) is 18.6 Å². The first kappa shape index (κ1) is 15.5. The van der Waals surface area contributed by atoms with Crippen molar-refractivity contribution < 1.29 is 0 Å². The third-order valence-electron chi connectivity index (χ3n) is 3.75. The van der Waals surface area contributed by atoms with E-state index >= 15 is 0 Å². The molecule has 2 nitrogen and oxygen atoms in total. The fourth-order valence-electron chi connectivity index (χ4n) is 2.77. The number of hydrogen-bond acceptors (Lipinski definition) is 4. The zero-order chi connectivity index (χ0) is 14.7. The Balaban J connectivity index is 1.71. The fraction of sp³-hybridized carbons (Fsp3) is 0.438. The highest BCUT2D eigenvalue weighted by molar-refractivity contribution is 9.10. The van der Waals surface area contributed by atoms with Gasteiger partial charge < -0.3 is 5.32 Å². The van der Waals surface area contributed by atoms with Gasteiger partial charge >= 0.3 is 0 Å². The Morgan fingerprint density at radius 2 is 2.29 bits per heavy atom. The Morgan fingerprint density at radius 1 is 1.43 bits per heavy atom. The molecule has 112 valence electrons. The number of likely N-dealkylation sites (N-methyl/N-ethyl adjacent to an activating group) is 1. The van der Waals surface area contributed by atoms with Crippen molar-refractivity contribution in [1.29, 1.82) is 0 Å². The van der Waals surface area contributed by atoms with E-state index < -0.39 is 0 Å². The smallest absolute Gasteiger partial charge is 0.103 e. The molecule has 1 atom stereocenters. The third-order valence-corrected chi connectivity index (χ3v) is 7.11. The van der Waals surface area contributed by atoms with Gasteiger partial charge in [0.2, 0.25) is 0 Å². The van der Waals surface area contributed by atoms with Crippen LogP contribution in [0.1, 0.15) is 34.3 Å². The average Bonchev–Trinajstić information content (AvgIpc) is 2.91. The standard InChI is InChI=1S/C16H19BrN2S2/c1-18-9-11-5-4-8-14-16(11)19-15(21-14)10-20-13-7-3-2-6-12(13)17/h2-3,6-7,11,18H,4-5,8-10H2,1H3. The van der Waals surface area contributed by atoms with E-state index in [4.69, 9.17) is 4.98 Å². The van der Waals surface area contributed by atoms with Crippen LogP contribution in [0.15, 0.2) is 33.6 Å². The van der Waals surface area contributed by atoms with Gasteiger partial charge in [-0.25, -0.2) is 4.98 Å². The third kappa shape index (κ3) is 3.70. The number of aromatic nitrogens is 1. The molecule has 0 amide bonds. The zero-order valence-corrected chi connectivity index (χ0v) is 15.3. The monoisotopic (exact) mass is 382 g/mol. The van der Waals surface area contributed by atoms with Crippen LogP contribution in [0, 0.1) is 0 Å². The van der Waals surface area contributed by atoms with Crippen LogP contribution >= 0.6 is 39.0 Å². The quantitative estimate of drug-likeness (QED) is 0.748. The Kier molecular flexibility index (Phi) is 5.38. The topological polar surface area (TPSA) is 24.9 Å². The summed E-state index contributed by atoms with van der Waals surface area (Å²) in [5.74, 6) is 1.57. The van der Waals surface area contributed by atoms with Crippen LogP contribution in [0.3, 0.4) is 0 Å². The summed E-state index contributed by atoms with van der Waals surface area (Å²) in [5, 5.41) is 4.57. The summed E-state index contributed by atoms with van der Waals surface area (Å²) in [5.41, 5.74) is 1.36. The molecule has 1 N–H and O–H groups in total. The lowest BCUT2D eigenvalue weighted by molar-refractivity contribution is 0.522. The second-order valence-corrected chi connectivity index (χ2v) is 8.32. The van der Waals surface area contributed by atoms with E-state index in [0.29, 0.717) is 5.92 Å². The summed E-state index contributed by atoms with van der Waals surface area (Å²) in [6.07, 6.45) is 3.79. The van der Waals surface area contributed by atoms with E-state index in [0.717, 1.165) is 12.3 Å². The Morgan fingerprint density at radius 3 is 3.10 bits per heavy atom. The van der Waals surface area contributed by atoms with Crippen LogP contribution in [-0.2, 0) is 12.2 Å². The maximum absolute atomic E-state index is 4.94. The predicted octanol–water partition coefficient (Wildman–Crippen LogP) is 4.84. The van der Waals surface area contributed by atoms with E-state index in [2.05, 4.69) is 45.5 Å². The highest BCUT2D eigenvalue weighted by atomic mass is 79.9. The van der Waals surface area contributed by atoms with Gasteiger partial charge in [0.1, 0.15) is 5.01 Å². The second kappa shape index (κ2) is 7.27. The van der Waals surface area contributed by atoms with Crippen LogP contribution in [0.2, 0.25) is 0 Å². The van der Waals surface area contributed by atoms with Gasteiger partial charge in [-0.15, -0.1) is 23.1 Å². The predicted molar refractivity (Wildman–Crippen MR) is 95.4 cm³/mol. The molecule has 1 heterocycles. The summed E-state index contributed by atoms with van der Waals surface area (Å²) in [4.78, 5) is 7.75.